The lowest BCUT2D eigenvalue weighted by Crippen LogP contribution is -2.18. The summed E-state index contributed by atoms with van der Waals surface area (Å²) >= 11 is 5.91. The number of hydrazone groups is 1. The Bertz CT molecular complexity index is 809. The number of benzene rings is 2. The number of hydrogen-bond acceptors (Lipinski definition) is 5. The molecule has 2 rings (SSSR count). The van der Waals surface area contributed by atoms with Crippen molar-refractivity contribution in [1.29, 1.82) is 0 Å². The molecule has 27 heavy (non-hydrogen) atoms. The number of nitrogens with one attached hydrogen (secondary N) is 1. The van der Waals surface area contributed by atoms with Crippen LogP contribution in [0.4, 0.5) is 0 Å². The van der Waals surface area contributed by atoms with E-state index in [4.69, 9.17) is 25.8 Å². The van der Waals surface area contributed by atoms with E-state index in [2.05, 4.69) is 10.5 Å². The number of rotatable bonds is 9. The molecule has 1 amide bonds. The second kappa shape index (κ2) is 10.4. The second-order valence-corrected chi connectivity index (χ2v) is 6.20. The number of nitrogens with zero attached hydrogens (tertiary/aromatic N) is 1. The predicted molar refractivity (Wildman–Crippen MR) is 106 cm³/mol. The maximum absolute atomic E-state index is 11.9. The van der Waals surface area contributed by atoms with E-state index >= 15 is 0 Å². The Labute approximate surface area is 164 Å². The molecule has 1 N–H and O–H groups in total. The van der Waals surface area contributed by atoms with Crippen molar-refractivity contribution in [2.45, 2.75) is 19.8 Å². The first-order valence-electron chi connectivity index (χ1n) is 8.46. The van der Waals surface area contributed by atoms with Crippen LogP contribution in [0.15, 0.2) is 41.5 Å². The second-order valence-electron chi connectivity index (χ2n) is 5.76. The van der Waals surface area contributed by atoms with E-state index in [1.165, 1.54) is 6.21 Å². The molecule has 2 aromatic carbocycles. The number of carbonyl (C=O) groups excluding carboxylic acids is 1. The van der Waals surface area contributed by atoms with Gasteiger partial charge in [-0.25, -0.2) is 5.43 Å². The Morgan fingerprint density at radius 2 is 1.96 bits per heavy atom. The quantitative estimate of drug-likeness (QED) is 0.399. The third-order valence-electron chi connectivity index (χ3n) is 3.78. The highest BCUT2D eigenvalue weighted by Crippen LogP contribution is 2.23. The Morgan fingerprint density at radius 3 is 2.67 bits per heavy atom. The Kier molecular flexibility index (Phi) is 7.95. The van der Waals surface area contributed by atoms with E-state index in [1.54, 1.807) is 38.5 Å². The Hall–Kier alpha value is -2.73. The van der Waals surface area contributed by atoms with Gasteiger partial charge in [-0.3, -0.25) is 4.79 Å². The fraction of sp³-hybridized carbons (Fsp3) is 0.300. The minimum absolute atomic E-state index is 0.185. The summed E-state index contributed by atoms with van der Waals surface area (Å²) in [4.78, 5) is 11.9. The van der Waals surface area contributed by atoms with Crippen LogP contribution < -0.4 is 19.6 Å². The van der Waals surface area contributed by atoms with Crippen LogP contribution in [-0.4, -0.2) is 32.9 Å². The van der Waals surface area contributed by atoms with Gasteiger partial charge in [0, 0.05) is 23.1 Å². The van der Waals surface area contributed by atoms with Gasteiger partial charge in [-0.05, 0) is 49.2 Å². The van der Waals surface area contributed by atoms with Gasteiger partial charge in [-0.15, -0.1) is 0 Å². The van der Waals surface area contributed by atoms with Crippen LogP contribution in [0.25, 0.3) is 0 Å². The third kappa shape index (κ3) is 6.49. The van der Waals surface area contributed by atoms with Gasteiger partial charge in [0.15, 0.2) is 0 Å². The van der Waals surface area contributed by atoms with E-state index in [0.717, 1.165) is 16.9 Å². The number of hydrogen-bond donors (Lipinski definition) is 1. The van der Waals surface area contributed by atoms with Crippen molar-refractivity contribution in [2.24, 2.45) is 5.10 Å². The molecular formula is C20H23ClN2O4. The lowest BCUT2D eigenvalue weighted by Gasteiger charge is -2.09. The summed E-state index contributed by atoms with van der Waals surface area (Å²) in [5, 5.41) is 4.64. The minimum Gasteiger partial charge on any atom is -0.497 e. The monoisotopic (exact) mass is 390 g/mol. The SMILES string of the molecule is COc1ccc(/C=N/NC(=O)CCCOc2ccc(Cl)cc2C)c(OC)c1. The molecule has 0 saturated carbocycles. The summed E-state index contributed by atoms with van der Waals surface area (Å²) in [6.45, 7) is 2.36. The fourth-order valence-electron chi connectivity index (χ4n) is 2.34. The molecule has 0 heterocycles. The Balaban J connectivity index is 1.75. The number of methoxy groups -OCH3 is 2. The molecule has 0 saturated heterocycles. The lowest BCUT2D eigenvalue weighted by atomic mass is 10.2. The zero-order chi connectivity index (χ0) is 19.6. The van der Waals surface area contributed by atoms with Crippen LogP contribution in [0.3, 0.4) is 0 Å². The van der Waals surface area contributed by atoms with Gasteiger partial charge in [-0.2, -0.15) is 5.10 Å². The summed E-state index contributed by atoms with van der Waals surface area (Å²) in [5.41, 5.74) is 4.20. The lowest BCUT2D eigenvalue weighted by molar-refractivity contribution is -0.121. The summed E-state index contributed by atoms with van der Waals surface area (Å²) in [6.07, 6.45) is 2.42. The molecule has 2 aromatic rings. The van der Waals surface area contributed by atoms with Crippen LogP contribution in [0.5, 0.6) is 17.2 Å². The van der Waals surface area contributed by atoms with Gasteiger partial charge in [0.25, 0.3) is 0 Å². The maximum Gasteiger partial charge on any atom is 0.240 e. The molecule has 7 heteroatoms. The van der Waals surface area contributed by atoms with Gasteiger partial charge < -0.3 is 14.2 Å². The van der Waals surface area contributed by atoms with Gasteiger partial charge in [0.05, 0.1) is 27.0 Å². The van der Waals surface area contributed by atoms with Crippen molar-refractivity contribution in [2.75, 3.05) is 20.8 Å². The molecule has 0 atom stereocenters. The maximum atomic E-state index is 11.9. The van der Waals surface area contributed by atoms with Gasteiger partial charge in [-0.1, -0.05) is 11.6 Å². The molecule has 0 spiro atoms. The van der Waals surface area contributed by atoms with Gasteiger partial charge in [0.1, 0.15) is 17.2 Å². The number of ether oxygens (including phenoxy) is 3. The summed E-state index contributed by atoms with van der Waals surface area (Å²) in [6, 6.07) is 10.8. The van der Waals surface area contributed by atoms with E-state index in [1.807, 2.05) is 19.1 Å². The zero-order valence-corrected chi connectivity index (χ0v) is 16.4. The van der Waals surface area contributed by atoms with Crippen molar-refractivity contribution in [3.05, 3.63) is 52.5 Å². The molecule has 144 valence electrons. The van der Waals surface area contributed by atoms with Crippen molar-refractivity contribution in [1.82, 2.24) is 5.43 Å². The summed E-state index contributed by atoms with van der Waals surface area (Å²) in [5.74, 6) is 1.88. The molecule has 0 bridgehead atoms. The minimum atomic E-state index is -0.185. The van der Waals surface area contributed by atoms with E-state index in [0.29, 0.717) is 36.0 Å². The number of aryl methyl sites for hydroxylation is 1. The molecule has 0 aliphatic rings. The molecule has 0 aliphatic carbocycles. The van der Waals surface area contributed by atoms with Crippen LogP contribution in [0.1, 0.15) is 24.0 Å². The van der Waals surface area contributed by atoms with Crippen molar-refractivity contribution >= 4 is 23.7 Å². The first kappa shape index (κ1) is 20.6. The van der Waals surface area contributed by atoms with Gasteiger partial charge >= 0.3 is 0 Å². The molecule has 6 nitrogen and oxygen atoms in total. The van der Waals surface area contributed by atoms with Gasteiger partial charge in [0.2, 0.25) is 5.91 Å². The van der Waals surface area contributed by atoms with Crippen molar-refractivity contribution in [3.63, 3.8) is 0 Å². The fourth-order valence-corrected chi connectivity index (χ4v) is 2.57. The predicted octanol–water partition coefficient (Wildman–Crippen LogP) is 3.97. The standard InChI is InChI=1S/C20H23ClN2O4/c1-14-11-16(21)7-9-18(14)27-10-4-5-20(24)23-22-13-15-6-8-17(25-2)12-19(15)26-3/h6-9,11-13H,4-5,10H2,1-3H3,(H,23,24)/b22-13+. The summed E-state index contributed by atoms with van der Waals surface area (Å²) < 4.78 is 16.1. The Morgan fingerprint density at radius 1 is 1.15 bits per heavy atom. The molecule has 0 fully saturated rings. The first-order valence-corrected chi connectivity index (χ1v) is 8.84. The average molecular weight is 391 g/mol. The molecule has 0 aliphatic heterocycles. The van der Waals surface area contributed by atoms with E-state index in [9.17, 15) is 4.79 Å². The largest absolute Gasteiger partial charge is 0.497 e. The van der Waals surface area contributed by atoms with E-state index in [-0.39, 0.29) is 5.91 Å². The molecular weight excluding hydrogens is 368 g/mol. The third-order valence-corrected chi connectivity index (χ3v) is 4.01. The number of halogens is 1. The van der Waals surface area contributed by atoms with Crippen LogP contribution >= 0.6 is 11.6 Å². The van der Waals surface area contributed by atoms with Crippen LogP contribution in [0.2, 0.25) is 5.02 Å². The zero-order valence-electron chi connectivity index (χ0n) is 15.6. The summed E-state index contributed by atoms with van der Waals surface area (Å²) in [7, 11) is 3.15. The highest BCUT2D eigenvalue weighted by atomic mass is 35.5. The normalized spacial score (nSPS) is 10.7. The number of carbonyl (C=O) groups is 1. The topological polar surface area (TPSA) is 69.2 Å². The molecule has 0 radical (unpaired) electrons. The highest BCUT2D eigenvalue weighted by Gasteiger charge is 2.05. The van der Waals surface area contributed by atoms with Crippen molar-refractivity contribution < 1.29 is 19.0 Å². The highest BCUT2D eigenvalue weighted by molar-refractivity contribution is 6.30. The smallest absolute Gasteiger partial charge is 0.240 e. The molecule has 0 aromatic heterocycles. The van der Waals surface area contributed by atoms with Crippen LogP contribution in [0, 0.1) is 6.92 Å². The number of amides is 1. The van der Waals surface area contributed by atoms with Crippen molar-refractivity contribution in [3.8, 4) is 17.2 Å². The van der Waals surface area contributed by atoms with Crippen LogP contribution in [-0.2, 0) is 4.79 Å². The first-order chi connectivity index (χ1) is 13.0. The molecule has 0 unspecified atom stereocenters. The van der Waals surface area contributed by atoms with E-state index < -0.39 is 0 Å². The average Bonchev–Trinajstić information content (AvgIpc) is 2.66.